The zero-order valence-electron chi connectivity index (χ0n) is 17.4. The Morgan fingerprint density at radius 1 is 1.00 bits per heavy atom. The Labute approximate surface area is 174 Å². The van der Waals surface area contributed by atoms with Gasteiger partial charge in [-0.3, -0.25) is 9.48 Å². The molecule has 0 saturated carbocycles. The van der Waals surface area contributed by atoms with Crippen molar-refractivity contribution in [3.05, 3.63) is 53.3 Å². The van der Waals surface area contributed by atoms with Gasteiger partial charge < -0.3 is 24.8 Å². The lowest BCUT2D eigenvalue weighted by Crippen LogP contribution is -2.30. The Morgan fingerprint density at radius 3 is 2.47 bits per heavy atom. The number of nitrogen functional groups attached to an aromatic ring is 1. The third kappa shape index (κ3) is 3.20. The Morgan fingerprint density at radius 2 is 1.77 bits per heavy atom. The molecule has 0 spiro atoms. The van der Waals surface area contributed by atoms with Crippen LogP contribution in [0.3, 0.4) is 0 Å². The summed E-state index contributed by atoms with van der Waals surface area (Å²) in [6.07, 6.45) is 1.77. The minimum Gasteiger partial charge on any atom is -0.497 e. The lowest BCUT2D eigenvalue weighted by atomic mass is 9.99. The number of anilines is 1. The van der Waals surface area contributed by atoms with E-state index in [0.29, 0.717) is 41.6 Å². The van der Waals surface area contributed by atoms with Gasteiger partial charge in [0, 0.05) is 29.8 Å². The van der Waals surface area contributed by atoms with Gasteiger partial charge in [0.25, 0.3) is 5.91 Å². The second kappa shape index (κ2) is 7.62. The summed E-state index contributed by atoms with van der Waals surface area (Å²) in [6, 6.07) is 9.06. The lowest BCUT2D eigenvalue weighted by molar-refractivity contribution is 0.0728. The molecule has 3 aromatic rings. The van der Waals surface area contributed by atoms with Crippen LogP contribution in [0.15, 0.2) is 36.5 Å². The van der Waals surface area contributed by atoms with Gasteiger partial charge in [-0.15, -0.1) is 0 Å². The molecule has 2 heterocycles. The molecule has 8 nitrogen and oxygen atoms in total. The number of amides is 1. The van der Waals surface area contributed by atoms with Crippen molar-refractivity contribution in [1.82, 2.24) is 14.7 Å². The van der Waals surface area contributed by atoms with Crippen molar-refractivity contribution >= 4 is 11.6 Å². The summed E-state index contributed by atoms with van der Waals surface area (Å²) in [7, 11) is 6.61. The first-order valence-electron chi connectivity index (χ1n) is 9.45. The summed E-state index contributed by atoms with van der Waals surface area (Å²) in [6.45, 7) is 0.763. The van der Waals surface area contributed by atoms with Gasteiger partial charge in [-0.25, -0.2) is 0 Å². The van der Waals surface area contributed by atoms with E-state index in [4.69, 9.17) is 19.9 Å². The van der Waals surface area contributed by atoms with Crippen LogP contribution in [0.5, 0.6) is 17.2 Å². The van der Waals surface area contributed by atoms with Crippen molar-refractivity contribution in [1.29, 1.82) is 0 Å². The molecule has 1 aromatic heterocycles. The number of benzene rings is 2. The van der Waals surface area contributed by atoms with Crippen molar-refractivity contribution in [3.63, 3.8) is 0 Å². The highest BCUT2D eigenvalue weighted by molar-refractivity contribution is 6.03. The number of rotatable bonds is 5. The average Bonchev–Trinajstić information content (AvgIpc) is 3.07. The standard InChI is InChI=1S/C22H24N4O4/c1-25-19-12-26(11-13-5-6-14(28-2)7-20(13)29-3)22(27)16-9-21(30-4)18(23)8-15(16)17(19)10-24-25/h5-10H,11-12,23H2,1-4H3. The number of carbonyl (C=O) groups is 1. The summed E-state index contributed by atoms with van der Waals surface area (Å²) in [5.74, 6) is 1.71. The smallest absolute Gasteiger partial charge is 0.255 e. The SMILES string of the molecule is COc1ccc(CN2Cc3c(cnn3C)-c3cc(N)c(OC)cc3C2=O)c(OC)c1. The molecule has 30 heavy (non-hydrogen) atoms. The number of ether oxygens (including phenoxy) is 3. The summed E-state index contributed by atoms with van der Waals surface area (Å²) < 4.78 is 18.0. The highest BCUT2D eigenvalue weighted by Crippen LogP contribution is 2.38. The average molecular weight is 408 g/mol. The first-order valence-corrected chi connectivity index (χ1v) is 9.45. The van der Waals surface area contributed by atoms with E-state index in [0.717, 1.165) is 22.4 Å². The van der Waals surface area contributed by atoms with Gasteiger partial charge in [-0.2, -0.15) is 5.10 Å². The van der Waals surface area contributed by atoms with E-state index in [9.17, 15) is 4.79 Å². The summed E-state index contributed by atoms with van der Waals surface area (Å²) >= 11 is 0. The normalized spacial score (nSPS) is 12.8. The maximum atomic E-state index is 13.6. The number of fused-ring (bicyclic) bond motifs is 3. The van der Waals surface area contributed by atoms with Crippen LogP contribution in [0.25, 0.3) is 11.1 Å². The molecule has 0 saturated heterocycles. The third-order valence-electron chi connectivity index (χ3n) is 5.44. The molecule has 2 aromatic carbocycles. The first kappa shape index (κ1) is 19.6. The minimum atomic E-state index is -0.114. The first-order chi connectivity index (χ1) is 14.5. The maximum Gasteiger partial charge on any atom is 0.255 e. The monoisotopic (exact) mass is 408 g/mol. The topological polar surface area (TPSA) is 91.8 Å². The second-order valence-electron chi connectivity index (χ2n) is 7.11. The zero-order chi connectivity index (χ0) is 21.4. The fourth-order valence-electron chi connectivity index (χ4n) is 3.79. The number of aryl methyl sites for hydroxylation is 1. The second-order valence-corrected chi connectivity index (χ2v) is 7.11. The molecule has 0 aliphatic carbocycles. The molecule has 1 aliphatic rings. The van der Waals surface area contributed by atoms with Crippen LogP contribution in [-0.2, 0) is 20.1 Å². The molecule has 4 rings (SSSR count). The molecule has 0 fully saturated rings. The van der Waals surface area contributed by atoms with Gasteiger partial charge in [-0.05, 0) is 24.3 Å². The molecular formula is C22H24N4O4. The van der Waals surface area contributed by atoms with Gasteiger partial charge in [0.2, 0.25) is 0 Å². The molecule has 0 unspecified atom stereocenters. The largest absolute Gasteiger partial charge is 0.497 e. The van der Waals surface area contributed by atoms with E-state index in [-0.39, 0.29) is 5.91 Å². The molecule has 1 aliphatic heterocycles. The predicted octanol–water partition coefficient (Wildman–Crippen LogP) is 2.85. The third-order valence-corrected chi connectivity index (χ3v) is 5.44. The molecule has 0 atom stereocenters. The molecule has 156 valence electrons. The van der Waals surface area contributed by atoms with Crippen LogP contribution in [0.2, 0.25) is 0 Å². The van der Waals surface area contributed by atoms with Crippen molar-refractivity contribution in [2.24, 2.45) is 7.05 Å². The highest BCUT2D eigenvalue weighted by Gasteiger charge is 2.30. The van der Waals surface area contributed by atoms with E-state index < -0.39 is 0 Å². The summed E-state index contributed by atoms with van der Waals surface area (Å²) in [4.78, 5) is 15.3. The van der Waals surface area contributed by atoms with Crippen LogP contribution < -0.4 is 19.9 Å². The van der Waals surface area contributed by atoms with Crippen LogP contribution >= 0.6 is 0 Å². The summed E-state index contributed by atoms with van der Waals surface area (Å²) in [5.41, 5.74) is 10.6. The number of methoxy groups -OCH3 is 3. The van der Waals surface area contributed by atoms with Crippen molar-refractivity contribution in [3.8, 4) is 28.4 Å². The highest BCUT2D eigenvalue weighted by atomic mass is 16.5. The van der Waals surface area contributed by atoms with Gasteiger partial charge in [0.05, 0.1) is 57.6 Å². The van der Waals surface area contributed by atoms with Crippen molar-refractivity contribution in [2.45, 2.75) is 13.1 Å². The summed E-state index contributed by atoms with van der Waals surface area (Å²) in [5, 5.41) is 4.40. The van der Waals surface area contributed by atoms with E-state index in [1.807, 2.05) is 25.2 Å². The van der Waals surface area contributed by atoms with E-state index >= 15 is 0 Å². The Balaban J connectivity index is 1.82. The molecule has 0 radical (unpaired) electrons. The zero-order valence-corrected chi connectivity index (χ0v) is 17.4. The fourth-order valence-corrected chi connectivity index (χ4v) is 3.79. The van der Waals surface area contributed by atoms with Gasteiger partial charge in [0.1, 0.15) is 17.2 Å². The molecule has 2 N–H and O–H groups in total. The minimum absolute atomic E-state index is 0.114. The molecular weight excluding hydrogens is 384 g/mol. The predicted molar refractivity (Wildman–Crippen MR) is 113 cm³/mol. The van der Waals surface area contributed by atoms with Gasteiger partial charge in [0.15, 0.2) is 0 Å². The lowest BCUT2D eigenvalue weighted by Gasteiger charge is -2.23. The number of aromatic nitrogens is 2. The van der Waals surface area contributed by atoms with Crippen LogP contribution in [0, 0.1) is 0 Å². The van der Waals surface area contributed by atoms with E-state index in [1.54, 1.807) is 42.1 Å². The molecule has 0 bridgehead atoms. The van der Waals surface area contributed by atoms with Gasteiger partial charge >= 0.3 is 0 Å². The fraction of sp³-hybridized carbons (Fsp3) is 0.273. The maximum absolute atomic E-state index is 13.6. The van der Waals surface area contributed by atoms with Crippen LogP contribution in [-0.4, -0.2) is 41.9 Å². The number of nitrogens with two attached hydrogens (primary N) is 1. The quantitative estimate of drug-likeness (QED) is 0.653. The van der Waals surface area contributed by atoms with Crippen LogP contribution in [0.1, 0.15) is 21.6 Å². The van der Waals surface area contributed by atoms with E-state index in [2.05, 4.69) is 5.10 Å². The number of hydrogen-bond donors (Lipinski definition) is 1. The number of carbonyl (C=O) groups excluding carboxylic acids is 1. The molecule has 1 amide bonds. The Bertz CT molecular complexity index is 1120. The number of hydrogen-bond acceptors (Lipinski definition) is 6. The Hall–Kier alpha value is -3.68. The Kier molecular flexibility index (Phi) is 4.99. The van der Waals surface area contributed by atoms with Crippen LogP contribution in [0.4, 0.5) is 5.69 Å². The number of nitrogens with zero attached hydrogens (tertiary/aromatic N) is 3. The van der Waals surface area contributed by atoms with Crippen molar-refractivity contribution < 1.29 is 19.0 Å². The van der Waals surface area contributed by atoms with Gasteiger partial charge in [-0.1, -0.05) is 0 Å². The van der Waals surface area contributed by atoms with E-state index in [1.165, 1.54) is 7.11 Å². The molecule has 8 heteroatoms. The van der Waals surface area contributed by atoms with Crippen molar-refractivity contribution in [2.75, 3.05) is 27.1 Å².